The van der Waals surface area contributed by atoms with Crippen molar-refractivity contribution in [1.29, 1.82) is 0 Å². The van der Waals surface area contributed by atoms with Crippen LogP contribution in [0.5, 0.6) is 0 Å². The van der Waals surface area contributed by atoms with Crippen LogP contribution in [0, 0.1) is 23.7 Å². The van der Waals surface area contributed by atoms with E-state index in [1.54, 1.807) is 0 Å². The number of amides is 1. The first-order valence-corrected chi connectivity index (χ1v) is 6.97. The monoisotopic (exact) mass is 265 g/mol. The van der Waals surface area contributed by atoms with E-state index in [-0.39, 0.29) is 23.8 Å². The predicted molar refractivity (Wildman–Crippen MR) is 67.3 cm³/mol. The lowest BCUT2D eigenvalue weighted by Crippen LogP contribution is -2.42. The summed E-state index contributed by atoms with van der Waals surface area (Å²) < 4.78 is 5.46. The molecule has 1 saturated heterocycles. The Morgan fingerprint density at radius 1 is 1.26 bits per heavy atom. The molecule has 5 atom stereocenters. The molecule has 1 heterocycles. The summed E-state index contributed by atoms with van der Waals surface area (Å²) in [7, 11) is 0. The van der Waals surface area contributed by atoms with E-state index in [2.05, 4.69) is 5.32 Å². The summed E-state index contributed by atoms with van der Waals surface area (Å²) in [6.07, 6.45) is 6.86. The van der Waals surface area contributed by atoms with Crippen LogP contribution in [-0.2, 0) is 14.3 Å². The van der Waals surface area contributed by atoms with Crippen molar-refractivity contribution in [3.05, 3.63) is 12.2 Å². The van der Waals surface area contributed by atoms with Crippen LogP contribution in [0.2, 0.25) is 0 Å². The number of carboxylic acid groups (broad SMARTS) is 1. The SMILES string of the molecule is O=C(O)[C@@H]1[C@H](C(=O)NC[C@@H]2CCCO2)[C@H]2C=C[C@H]1C2. The van der Waals surface area contributed by atoms with Crippen LogP contribution < -0.4 is 5.32 Å². The van der Waals surface area contributed by atoms with Gasteiger partial charge in [-0.1, -0.05) is 12.2 Å². The number of carboxylic acids is 1. The molecule has 0 spiro atoms. The normalized spacial score (nSPS) is 39.7. The summed E-state index contributed by atoms with van der Waals surface area (Å²) in [4.78, 5) is 23.6. The standard InChI is InChI=1S/C14H19NO4/c16-13(15-7-10-2-1-5-19-10)11-8-3-4-9(6-8)12(11)14(17)18/h3-4,8-12H,1-2,5-7H2,(H,15,16)(H,17,18)/t8-,9-,10-,11+,12-/m0/s1. The molecule has 5 heteroatoms. The lowest BCUT2D eigenvalue weighted by Gasteiger charge is -2.24. The van der Waals surface area contributed by atoms with Crippen molar-refractivity contribution >= 4 is 11.9 Å². The number of ether oxygens (including phenoxy) is 1. The van der Waals surface area contributed by atoms with E-state index in [0.717, 1.165) is 25.9 Å². The van der Waals surface area contributed by atoms with Crippen LogP contribution in [0.4, 0.5) is 0 Å². The Morgan fingerprint density at radius 2 is 2.00 bits per heavy atom. The zero-order chi connectivity index (χ0) is 13.4. The second kappa shape index (κ2) is 4.96. The predicted octanol–water partition coefficient (Wildman–Crippen LogP) is 0.804. The highest BCUT2D eigenvalue weighted by Crippen LogP contribution is 2.48. The fourth-order valence-electron chi connectivity index (χ4n) is 3.65. The van der Waals surface area contributed by atoms with E-state index >= 15 is 0 Å². The number of carbonyl (C=O) groups excluding carboxylic acids is 1. The zero-order valence-corrected chi connectivity index (χ0v) is 10.7. The smallest absolute Gasteiger partial charge is 0.307 e. The molecule has 0 aromatic carbocycles. The number of rotatable bonds is 4. The molecule has 2 fully saturated rings. The van der Waals surface area contributed by atoms with E-state index in [1.165, 1.54) is 0 Å². The third-order valence-electron chi connectivity index (χ3n) is 4.58. The molecule has 1 saturated carbocycles. The van der Waals surface area contributed by atoms with Crippen molar-refractivity contribution < 1.29 is 19.4 Å². The van der Waals surface area contributed by atoms with Crippen molar-refractivity contribution in [1.82, 2.24) is 5.32 Å². The minimum atomic E-state index is -0.853. The van der Waals surface area contributed by atoms with Gasteiger partial charge in [0.1, 0.15) is 0 Å². The molecule has 1 aliphatic heterocycles. The molecule has 3 rings (SSSR count). The minimum Gasteiger partial charge on any atom is -0.481 e. The third kappa shape index (κ3) is 2.27. The molecule has 0 radical (unpaired) electrons. The number of carbonyl (C=O) groups is 2. The molecule has 0 aromatic rings. The van der Waals surface area contributed by atoms with Gasteiger partial charge in [0.05, 0.1) is 17.9 Å². The van der Waals surface area contributed by atoms with Crippen molar-refractivity contribution in [2.75, 3.05) is 13.2 Å². The highest BCUT2D eigenvalue weighted by Gasteiger charge is 2.51. The number of allylic oxidation sites excluding steroid dienone is 2. The number of hydrogen-bond donors (Lipinski definition) is 2. The van der Waals surface area contributed by atoms with Gasteiger partial charge in [0.25, 0.3) is 0 Å². The molecular formula is C14H19NO4. The molecule has 2 aliphatic carbocycles. The Kier molecular flexibility index (Phi) is 3.31. The Labute approximate surface area is 112 Å². The maximum absolute atomic E-state index is 12.2. The molecule has 3 aliphatic rings. The fourth-order valence-corrected chi connectivity index (χ4v) is 3.65. The molecule has 2 N–H and O–H groups in total. The van der Waals surface area contributed by atoms with Crippen LogP contribution in [0.25, 0.3) is 0 Å². The molecule has 1 amide bonds. The van der Waals surface area contributed by atoms with Gasteiger partial charge in [0.15, 0.2) is 0 Å². The van der Waals surface area contributed by atoms with Gasteiger partial charge >= 0.3 is 5.97 Å². The third-order valence-corrected chi connectivity index (χ3v) is 4.58. The molecular weight excluding hydrogens is 246 g/mol. The second-order valence-corrected chi connectivity index (χ2v) is 5.72. The second-order valence-electron chi connectivity index (χ2n) is 5.72. The van der Waals surface area contributed by atoms with E-state index in [1.807, 2.05) is 12.2 Å². The summed E-state index contributed by atoms with van der Waals surface area (Å²) in [5.41, 5.74) is 0. The summed E-state index contributed by atoms with van der Waals surface area (Å²) in [5, 5.41) is 12.2. The van der Waals surface area contributed by atoms with Gasteiger partial charge in [-0.3, -0.25) is 9.59 Å². The van der Waals surface area contributed by atoms with Gasteiger partial charge in [-0.15, -0.1) is 0 Å². The van der Waals surface area contributed by atoms with Gasteiger partial charge in [-0.2, -0.15) is 0 Å². The van der Waals surface area contributed by atoms with Crippen LogP contribution >= 0.6 is 0 Å². The van der Waals surface area contributed by atoms with E-state index in [0.29, 0.717) is 6.54 Å². The largest absolute Gasteiger partial charge is 0.481 e. The van der Waals surface area contributed by atoms with Crippen LogP contribution in [0.15, 0.2) is 12.2 Å². The fraction of sp³-hybridized carbons (Fsp3) is 0.714. The molecule has 0 aromatic heterocycles. The van der Waals surface area contributed by atoms with Gasteiger partial charge < -0.3 is 15.2 Å². The topological polar surface area (TPSA) is 75.6 Å². The van der Waals surface area contributed by atoms with Gasteiger partial charge in [-0.05, 0) is 31.1 Å². The van der Waals surface area contributed by atoms with Gasteiger partial charge in [0.2, 0.25) is 5.91 Å². The zero-order valence-electron chi connectivity index (χ0n) is 10.7. The summed E-state index contributed by atoms with van der Waals surface area (Å²) >= 11 is 0. The lowest BCUT2D eigenvalue weighted by atomic mass is 9.82. The van der Waals surface area contributed by atoms with E-state index in [9.17, 15) is 14.7 Å². The quantitative estimate of drug-likeness (QED) is 0.737. The Balaban J connectivity index is 1.62. The number of fused-ring (bicyclic) bond motifs is 2. The minimum absolute atomic E-state index is 0.0287. The Bertz CT molecular complexity index is 414. The van der Waals surface area contributed by atoms with Crippen molar-refractivity contribution in [3.8, 4) is 0 Å². The van der Waals surface area contributed by atoms with Crippen molar-refractivity contribution in [2.24, 2.45) is 23.7 Å². The van der Waals surface area contributed by atoms with Crippen molar-refractivity contribution in [2.45, 2.75) is 25.4 Å². The lowest BCUT2D eigenvalue weighted by molar-refractivity contribution is -0.147. The van der Waals surface area contributed by atoms with Crippen LogP contribution in [0.1, 0.15) is 19.3 Å². The highest BCUT2D eigenvalue weighted by molar-refractivity contribution is 5.86. The Morgan fingerprint density at radius 3 is 2.63 bits per heavy atom. The molecule has 19 heavy (non-hydrogen) atoms. The summed E-state index contributed by atoms with van der Waals surface area (Å²) in [6, 6.07) is 0. The van der Waals surface area contributed by atoms with Crippen LogP contribution in [0.3, 0.4) is 0 Å². The number of nitrogens with one attached hydrogen (secondary N) is 1. The van der Waals surface area contributed by atoms with E-state index in [4.69, 9.17) is 4.74 Å². The van der Waals surface area contributed by atoms with Gasteiger partial charge in [0, 0.05) is 13.2 Å². The number of aliphatic carboxylic acids is 1. The van der Waals surface area contributed by atoms with E-state index < -0.39 is 17.8 Å². The molecule has 5 nitrogen and oxygen atoms in total. The molecule has 2 bridgehead atoms. The summed E-state index contributed by atoms with van der Waals surface area (Å²) in [5.74, 6) is -1.82. The maximum Gasteiger partial charge on any atom is 0.307 e. The number of hydrogen-bond acceptors (Lipinski definition) is 3. The molecule has 0 unspecified atom stereocenters. The highest BCUT2D eigenvalue weighted by atomic mass is 16.5. The first-order chi connectivity index (χ1) is 9.16. The van der Waals surface area contributed by atoms with Crippen LogP contribution in [-0.4, -0.2) is 36.2 Å². The average Bonchev–Trinajstić information content (AvgIpc) is 3.10. The van der Waals surface area contributed by atoms with Gasteiger partial charge in [-0.25, -0.2) is 0 Å². The first-order valence-electron chi connectivity index (χ1n) is 6.97. The Hall–Kier alpha value is -1.36. The average molecular weight is 265 g/mol. The molecule has 104 valence electrons. The first kappa shape index (κ1) is 12.7. The van der Waals surface area contributed by atoms with Crippen molar-refractivity contribution in [3.63, 3.8) is 0 Å². The maximum atomic E-state index is 12.2. The summed E-state index contributed by atoms with van der Waals surface area (Å²) in [6.45, 7) is 1.26.